The highest BCUT2D eigenvalue weighted by atomic mass is 32.2. The lowest BCUT2D eigenvalue weighted by Crippen LogP contribution is -2.40. The monoisotopic (exact) mass is 450 g/mol. The molecule has 168 valence electrons. The molecule has 31 heavy (non-hydrogen) atoms. The van der Waals surface area contributed by atoms with Gasteiger partial charge in [0.15, 0.2) is 6.61 Å². The molecule has 1 saturated heterocycles. The summed E-state index contributed by atoms with van der Waals surface area (Å²) in [5.41, 5.74) is 0.332. The summed E-state index contributed by atoms with van der Waals surface area (Å²) in [6.07, 6.45) is 0. The minimum Gasteiger partial charge on any atom is -0.497 e. The van der Waals surface area contributed by atoms with Crippen molar-refractivity contribution in [3.05, 3.63) is 42.5 Å². The minimum atomic E-state index is -3.80. The van der Waals surface area contributed by atoms with Gasteiger partial charge < -0.3 is 24.3 Å². The van der Waals surface area contributed by atoms with Crippen LogP contribution in [0.25, 0.3) is 0 Å². The topological polar surface area (TPSA) is 103 Å². The molecule has 1 aliphatic heterocycles. The van der Waals surface area contributed by atoms with Crippen LogP contribution in [-0.4, -0.2) is 65.3 Å². The lowest BCUT2D eigenvalue weighted by molar-refractivity contribution is -0.118. The van der Waals surface area contributed by atoms with Crippen molar-refractivity contribution < 1.29 is 32.2 Å². The van der Waals surface area contributed by atoms with Gasteiger partial charge in [-0.1, -0.05) is 0 Å². The van der Waals surface area contributed by atoms with Crippen molar-refractivity contribution in [1.82, 2.24) is 4.31 Å². The van der Waals surface area contributed by atoms with E-state index in [4.69, 9.17) is 18.9 Å². The van der Waals surface area contributed by atoms with E-state index in [2.05, 4.69) is 5.32 Å². The third-order valence-corrected chi connectivity index (χ3v) is 6.46. The molecule has 10 heteroatoms. The van der Waals surface area contributed by atoms with Crippen molar-refractivity contribution in [3.63, 3.8) is 0 Å². The molecule has 1 aliphatic rings. The number of hydrogen-bond donors (Lipinski definition) is 1. The van der Waals surface area contributed by atoms with Crippen molar-refractivity contribution in [2.45, 2.75) is 11.8 Å². The first-order valence-electron chi connectivity index (χ1n) is 9.85. The van der Waals surface area contributed by atoms with Gasteiger partial charge in [-0.05, 0) is 49.4 Å². The van der Waals surface area contributed by atoms with Crippen LogP contribution in [0.5, 0.6) is 17.2 Å². The summed E-state index contributed by atoms with van der Waals surface area (Å²) in [4.78, 5) is 12.3. The van der Waals surface area contributed by atoms with E-state index in [-0.39, 0.29) is 30.3 Å². The smallest absolute Gasteiger partial charge is 0.262 e. The van der Waals surface area contributed by atoms with E-state index in [0.717, 1.165) is 0 Å². The molecule has 1 amide bonds. The molecular formula is C21H26N2O7S. The molecule has 0 spiro atoms. The molecule has 0 unspecified atom stereocenters. The normalized spacial score (nSPS) is 14.6. The molecule has 0 atom stereocenters. The molecule has 0 radical (unpaired) electrons. The van der Waals surface area contributed by atoms with Crippen LogP contribution < -0.4 is 19.5 Å². The third-order valence-electron chi connectivity index (χ3n) is 4.54. The fraction of sp³-hybridized carbons (Fsp3) is 0.381. The van der Waals surface area contributed by atoms with Gasteiger partial charge in [-0.15, -0.1) is 0 Å². The van der Waals surface area contributed by atoms with E-state index in [1.807, 2.05) is 0 Å². The van der Waals surface area contributed by atoms with E-state index < -0.39 is 15.9 Å². The number of hydrogen-bond acceptors (Lipinski definition) is 7. The Labute approximate surface area is 181 Å². The molecule has 1 fully saturated rings. The van der Waals surface area contributed by atoms with Gasteiger partial charge in [-0.2, -0.15) is 4.31 Å². The second kappa shape index (κ2) is 10.5. The number of rotatable bonds is 9. The van der Waals surface area contributed by atoms with Gasteiger partial charge in [-0.3, -0.25) is 4.79 Å². The summed E-state index contributed by atoms with van der Waals surface area (Å²) in [5, 5.41) is 2.67. The predicted octanol–water partition coefficient (Wildman–Crippen LogP) is 2.13. The number of sulfonamides is 1. The Morgan fingerprint density at radius 2 is 1.74 bits per heavy atom. The van der Waals surface area contributed by atoms with Crippen LogP contribution in [0.3, 0.4) is 0 Å². The Morgan fingerprint density at radius 1 is 1.06 bits per heavy atom. The zero-order valence-corrected chi connectivity index (χ0v) is 18.3. The van der Waals surface area contributed by atoms with E-state index in [1.165, 1.54) is 16.4 Å². The second-order valence-corrected chi connectivity index (χ2v) is 8.53. The maximum Gasteiger partial charge on any atom is 0.262 e. The third kappa shape index (κ3) is 5.87. The minimum absolute atomic E-state index is 0.00474. The van der Waals surface area contributed by atoms with Crippen LogP contribution in [-0.2, 0) is 19.6 Å². The summed E-state index contributed by atoms with van der Waals surface area (Å²) in [6, 6.07) is 11.4. The molecule has 0 aromatic heterocycles. The Balaban J connectivity index is 1.72. The van der Waals surface area contributed by atoms with Gasteiger partial charge in [0, 0.05) is 18.8 Å². The fourth-order valence-electron chi connectivity index (χ4n) is 3.01. The summed E-state index contributed by atoms with van der Waals surface area (Å²) >= 11 is 0. The number of ether oxygens (including phenoxy) is 4. The van der Waals surface area contributed by atoms with E-state index in [9.17, 15) is 13.2 Å². The van der Waals surface area contributed by atoms with Gasteiger partial charge in [-0.25, -0.2) is 8.42 Å². The summed E-state index contributed by atoms with van der Waals surface area (Å²) in [5.74, 6) is 1.01. The van der Waals surface area contributed by atoms with Gasteiger partial charge in [0.1, 0.15) is 22.1 Å². The first kappa shape index (κ1) is 22.9. The fourth-order valence-corrected chi connectivity index (χ4v) is 4.57. The van der Waals surface area contributed by atoms with Crippen LogP contribution >= 0.6 is 0 Å². The average molecular weight is 451 g/mol. The molecule has 1 N–H and O–H groups in total. The molecular weight excluding hydrogens is 424 g/mol. The maximum atomic E-state index is 13.1. The molecule has 0 aliphatic carbocycles. The standard InChI is InChI=1S/C21H26N2O7S/c1-3-29-19-9-4-16(14-20(19)31(25,26)23-10-12-28-13-11-23)22-21(24)15-30-18-7-5-17(27-2)6-8-18/h4-9,14H,3,10-13,15H2,1-2H3,(H,22,24). The van der Waals surface area contributed by atoms with Crippen molar-refractivity contribution >= 4 is 21.6 Å². The zero-order valence-electron chi connectivity index (χ0n) is 17.5. The number of carbonyl (C=O) groups is 1. The van der Waals surface area contributed by atoms with Crippen molar-refractivity contribution in [3.8, 4) is 17.2 Å². The first-order chi connectivity index (χ1) is 14.9. The second-order valence-electron chi connectivity index (χ2n) is 6.62. The number of morpholine rings is 1. The van der Waals surface area contributed by atoms with Crippen molar-refractivity contribution in [2.75, 3.05) is 51.9 Å². The predicted molar refractivity (Wildman–Crippen MR) is 114 cm³/mol. The summed E-state index contributed by atoms with van der Waals surface area (Å²) < 4.78 is 48.9. The van der Waals surface area contributed by atoms with Crippen LogP contribution in [0.2, 0.25) is 0 Å². The lowest BCUT2D eigenvalue weighted by Gasteiger charge is -2.27. The van der Waals surface area contributed by atoms with Gasteiger partial charge >= 0.3 is 0 Å². The van der Waals surface area contributed by atoms with E-state index in [0.29, 0.717) is 37.0 Å². The number of nitrogens with zero attached hydrogens (tertiary/aromatic N) is 1. The summed E-state index contributed by atoms with van der Waals surface area (Å²) in [7, 11) is -2.24. The number of anilines is 1. The highest BCUT2D eigenvalue weighted by molar-refractivity contribution is 7.89. The molecule has 2 aromatic carbocycles. The SMILES string of the molecule is CCOc1ccc(NC(=O)COc2ccc(OC)cc2)cc1S(=O)(=O)N1CCOCC1. The number of amides is 1. The highest BCUT2D eigenvalue weighted by Gasteiger charge is 2.29. The van der Waals surface area contributed by atoms with Gasteiger partial charge in [0.05, 0.1) is 26.9 Å². The quantitative estimate of drug-likeness (QED) is 0.624. The molecule has 9 nitrogen and oxygen atoms in total. The van der Waals surface area contributed by atoms with Gasteiger partial charge in [0.25, 0.3) is 5.91 Å². The van der Waals surface area contributed by atoms with Crippen molar-refractivity contribution in [2.24, 2.45) is 0 Å². The number of benzene rings is 2. The van der Waals surface area contributed by atoms with Crippen LogP contribution in [0.4, 0.5) is 5.69 Å². The molecule has 1 heterocycles. The largest absolute Gasteiger partial charge is 0.497 e. The van der Waals surface area contributed by atoms with Crippen LogP contribution in [0, 0.1) is 0 Å². The van der Waals surface area contributed by atoms with E-state index in [1.54, 1.807) is 44.4 Å². The Bertz CT molecular complexity index is 987. The Hall–Kier alpha value is -2.82. The number of methoxy groups -OCH3 is 1. The molecule has 0 bridgehead atoms. The number of nitrogens with one attached hydrogen (secondary N) is 1. The Morgan fingerprint density at radius 3 is 2.39 bits per heavy atom. The van der Waals surface area contributed by atoms with Crippen molar-refractivity contribution in [1.29, 1.82) is 0 Å². The number of carbonyl (C=O) groups excluding carboxylic acids is 1. The maximum absolute atomic E-state index is 13.1. The summed E-state index contributed by atoms with van der Waals surface area (Å²) in [6.45, 7) is 3.06. The van der Waals surface area contributed by atoms with Crippen LogP contribution in [0.1, 0.15) is 6.92 Å². The van der Waals surface area contributed by atoms with Gasteiger partial charge in [0.2, 0.25) is 10.0 Å². The molecule has 2 aromatic rings. The highest BCUT2D eigenvalue weighted by Crippen LogP contribution is 2.30. The van der Waals surface area contributed by atoms with E-state index >= 15 is 0 Å². The van der Waals surface area contributed by atoms with Crippen LogP contribution in [0.15, 0.2) is 47.4 Å². The Kier molecular flexibility index (Phi) is 7.72. The zero-order chi connectivity index (χ0) is 22.3. The molecule has 0 saturated carbocycles. The first-order valence-corrected chi connectivity index (χ1v) is 11.3. The average Bonchev–Trinajstić information content (AvgIpc) is 2.79. The lowest BCUT2D eigenvalue weighted by atomic mass is 10.3. The molecule has 3 rings (SSSR count).